The Balaban J connectivity index is 2.27. The highest BCUT2D eigenvalue weighted by Crippen LogP contribution is 2.11. The van der Waals surface area contributed by atoms with Crippen molar-refractivity contribution < 1.29 is 19.8 Å². The molecule has 0 fully saturated rings. The van der Waals surface area contributed by atoms with Crippen molar-refractivity contribution in [2.24, 2.45) is 0 Å². The Hall–Kier alpha value is -1.59. The first kappa shape index (κ1) is 16.5. The SMILES string of the molecule is CC(O)(CNC(=O)CCCc1ccc(Cl)cc1)C(=O)O. The summed E-state index contributed by atoms with van der Waals surface area (Å²) in [5.41, 5.74) is -0.856. The van der Waals surface area contributed by atoms with Crippen molar-refractivity contribution in [2.45, 2.75) is 31.8 Å². The lowest BCUT2D eigenvalue weighted by molar-refractivity contribution is -0.156. The van der Waals surface area contributed by atoms with Crippen molar-refractivity contribution in [1.82, 2.24) is 5.32 Å². The number of amides is 1. The molecule has 1 aromatic carbocycles. The van der Waals surface area contributed by atoms with Gasteiger partial charge in [0.25, 0.3) is 0 Å². The van der Waals surface area contributed by atoms with E-state index in [-0.39, 0.29) is 18.9 Å². The highest BCUT2D eigenvalue weighted by molar-refractivity contribution is 6.30. The molecule has 0 aliphatic carbocycles. The van der Waals surface area contributed by atoms with Gasteiger partial charge in [0.1, 0.15) is 0 Å². The molecular formula is C14H18ClNO4. The maximum Gasteiger partial charge on any atom is 0.337 e. The fraction of sp³-hybridized carbons (Fsp3) is 0.429. The quantitative estimate of drug-likeness (QED) is 0.714. The molecule has 0 aliphatic rings. The molecule has 0 saturated heterocycles. The molecule has 20 heavy (non-hydrogen) atoms. The molecule has 0 aliphatic heterocycles. The van der Waals surface area contributed by atoms with Gasteiger partial charge >= 0.3 is 5.97 Å². The van der Waals surface area contributed by atoms with Crippen LogP contribution in [0.15, 0.2) is 24.3 Å². The van der Waals surface area contributed by atoms with Crippen LogP contribution in [0.1, 0.15) is 25.3 Å². The molecule has 0 heterocycles. The lowest BCUT2D eigenvalue weighted by Crippen LogP contribution is -2.46. The zero-order valence-electron chi connectivity index (χ0n) is 11.2. The molecule has 1 rings (SSSR count). The first-order valence-electron chi connectivity index (χ1n) is 6.28. The predicted molar refractivity (Wildman–Crippen MR) is 75.7 cm³/mol. The van der Waals surface area contributed by atoms with Gasteiger partial charge < -0.3 is 15.5 Å². The number of carbonyl (C=O) groups is 2. The first-order valence-corrected chi connectivity index (χ1v) is 6.66. The van der Waals surface area contributed by atoms with E-state index in [1.54, 1.807) is 12.1 Å². The molecule has 1 aromatic rings. The summed E-state index contributed by atoms with van der Waals surface area (Å²) in [7, 11) is 0. The van der Waals surface area contributed by atoms with Crippen molar-refractivity contribution in [3.8, 4) is 0 Å². The number of carbonyl (C=O) groups excluding carboxylic acids is 1. The summed E-state index contributed by atoms with van der Waals surface area (Å²) in [6.45, 7) is 0.839. The Bertz CT molecular complexity index is 471. The fourth-order valence-corrected chi connectivity index (χ4v) is 1.66. The third-order valence-electron chi connectivity index (χ3n) is 2.87. The van der Waals surface area contributed by atoms with Crippen LogP contribution < -0.4 is 5.32 Å². The third kappa shape index (κ3) is 5.59. The second kappa shape index (κ2) is 7.26. The van der Waals surface area contributed by atoms with Gasteiger partial charge in [-0.15, -0.1) is 0 Å². The van der Waals surface area contributed by atoms with Crippen molar-refractivity contribution in [3.63, 3.8) is 0 Å². The van der Waals surface area contributed by atoms with Gasteiger partial charge in [0.15, 0.2) is 5.60 Å². The van der Waals surface area contributed by atoms with E-state index in [2.05, 4.69) is 5.32 Å². The van der Waals surface area contributed by atoms with E-state index in [1.807, 2.05) is 12.1 Å². The summed E-state index contributed by atoms with van der Waals surface area (Å²) in [6.07, 6.45) is 1.65. The molecule has 0 radical (unpaired) electrons. The smallest absolute Gasteiger partial charge is 0.337 e. The third-order valence-corrected chi connectivity index (χ3v) is 3.13. The van der Waals surface area contributed by atoms with E-state index < -0.39 is 11.6 Å². The molecule has 0 spiro atoms. The highest BCUT2D eigenvalue weighted by Gasteiger charge is 2.30. The Morgan fingerprint density at radius 3 is 2.45 bits per heavy atom. The van der Waals surface area contributed by atoms with Gasteiger partial charge in [-0.05, 0) is 37.5 Å². The number of aliphatic hydroxyl groups is 1. The predicted octanol–water partition coefficient (Wildman–Crippen LogP) is 1.61. The first-order chi connectivity index (χ1) is 9.31. The van der Waals surface area contributed by atoms with E-state index in [0.717, 1.165) is 18.9 Å². The van der Waals surface area contributed by atoms with Crippen LogP contribution in [-0.2, 0) is 16.0 Å². The molecule has 6 heteroatoms. The van der Waals surface area contributed by atoms with Gasteiger partial charge in [0.05, 0.1) is 6.54 Å². The van der Waals surface area contributed by atoms with Crippen molar-refractivity contribution in [3.05, 3.63) is 34.9 Å². The van der Waals surface area contributed by atoms with Crippen LogP contribution in [0.2, 0.25) is 5.02 Å². The normalized spacial score (nSPS) is 13.6. The van der Waals surface area contributed by atoms with Crippen LogP contribution in [0.4, 0.5) is 0 Å². The Labute approximate surface area is 122 Å². The van der Waals surface area contributed by atoms with Crippen LogP contribution in [0.25, 0.3) is 0 Å². The highest BCUT2D eigenvalue weighted by atomic mass is 35.5. The molecule has 1 atom stereocenters. The van der Waals surface area contributed by atoms with Crippen LogP contribution >= 0.6 is 11.6 Å². The number of carboxylic acid groups (broad SMARTS) is 1. The van der Waals surface area contributed by atoms with Crippen molar-refractivity contribution in [2.75, 3.05) is 6.54 Å². The summed E-state index contributed by atoms with van der Waals surface area (Å²) in [4.78, 5) is 22.2. The van der Waals surface area contributed by atoms with Crippen molar-refractivity contribution in [1.29, 1.82) is 0 Å². The number of halogens is 1. The van der Waals surface area contributed by atoms with E-state index >= 15 is 0 Å². The van der Waals surface area contributed by atoms with Gasteiger partial charge in [-0.1, -0.05) is 23.7 Å². The summed E-state index contributed by atoms with van der Waals surface area (Å²) < 4.78 is 0. The number of benzene rings is 1. The van der Waals surface area contributed by atoms with Gasteiger partial charge in [-0.25, -0.2) is 4.79 Å². The molecule has 1 unspecified atom stereocenters. The van der Waals surface area contributed by atoms with E-state index in [4.69, 9.17) is 16.7 Å². The lowest BCUT2D eigenvalue weighted by Gasteiger charge is -2.18. The topological polar surface area (TPSA) is 86.6 Å². The number of rotatable bonds is 7. The summed E-state index contributed by atoms with van der Waals surface area (Å²) in [6, 6.07) is 7.38. The number of nitrogens with one attached hydrogen (secondary N) is 1. The maximum atomic E-state index is 11.5. The second-order valence-electron chi connectivity index (χ2n) is 4.84. The molecular weight excluding hydrogens is 282 g/mol. The Kier molecular flexibility index (Phi) is 5.98. The van der Waals surface area contributed by atoms with Gasteiger partial charge in [-0.3, -0.25) is 4.79 Å². The summed E-state index contributed by atoms with van der Waals surface area (Å²) >= 11 is 5.77. The minimum atomic E-state index is -1.94. The number of hydrogen-bond acceptors (Lipinski definition) is 3. The number of aryl methyl sites for hydroxylation is 1. The van der Waals surface area contributed by atoms with Crippen LogP contribution in [0.3, 0.4) is 0 Å². The molecule has 3 N–H and O–H groups in total. The zero-order chi connectivity index (χ0) is 15.2. The zero-order valence-corrected chi connectivity index (χ0v) is 12.0. The number of hydrogen-bond donors (Lipinski definition) is 3. The average molecular weight is 300 g/mol. The standard InChI is InChI=1S/C14H18ClNO4/c1-14(20,13(18)19)9-16-12(17)4-2-3-10-5-7-11(15)8-6-10/h5-8,20H,2-4,9H2,1H3,(H,16,17)(H,18,19). The lowest BCUT2D eigenvalue weighted by atomic mass is 10.1. The van der Waals surface area contributed by atoms with Crippen LogP contribution in [0, 0.1) is 0 Å². The summed E-state index contributed by atoms with van der Waals surface area (Å²) in [5.74, 6) is -1.64. The van der Waals surface area contributed by atoms with Gasteiger partial charge in [0, 0.05) is 11.4 Å². The molecule has 5 nitrogen and oxygen atoms in total. The molecule has 0 saturated carbocycles. The fourth-order valence-electron chi connectivity index (χ4n) is 1.54. The number of carboxylic acids is 1. The van der Waals surface area contributed by atoms with Crippen LogP contribution in [0.5, 0.6) is 0 Å². The van der Waals surface area contributed by atoms with E-state index in [1.165, 1.54) is 0 Å². The molecule has 110 valence electrons. The van der Waals surface area contributed by atoms with Crippen molar-refractivity contribution >= 4 is 23.5 Å². The minimum Gasteiger partial charge on any atom is -0.479 e. The monoisotopic (exact) mass is 299 g/mol. The van der Waals surface area contributed by atoms with Crippen LogP contribution in [-0.4, -0.2) is 34.2 Å². The molecule has 0 bridgehead atoms. The molecule has 0 aromatic heterocycles. The second-order valence-corrected chi connectivity index (χ2v) is 5.27. The molecule has 1 amide bonds. The Morgan fingerprint density at radius 1 is 1.30 bits per heavy atom. The van der Waals surface area contributed by atoms with E-state index in [0.29, 0.717) is 11.4 Å². The Morgan fingerprint density at radius 2 is 1.90 bits per heavy atom. The minimum absolute atomic E-state index is 0.276. The largest absolute Gasteiger partial charge is 0.479 e. The van der Waals surface area contributed by atoms with Gasteiger partial charge in [0.2, 0.25) is 5.91 Å². The maximum absolute atomic E-state index is 11.5. The van der Waals surface area contributed by atoms with Gasteiger partial charge in [-0.2, -0.15) is 0 Å². The van der Waals surface area contributed by atoms with E-state index in [9.17, 15) is 14.7 Å². The average Bonchev–Trinajstić information content (AvgIpc) is 2.39. The number of aliphatic carboxylic acids is 1. The summed E-state index contributed by atoms with van der Waals surface area (Å²) in [5, 5.41) is 21.2.